The lowest BCUT2D eigenvalue weighted by Crippen LogP contribution is -1.95. The minimum Gasteiger partial charge on any atom is -0.298 e. The van der Waals surface area contributed by atoms with E-state index in [0.717, 1.165) is 49.8 Å². The third-order valence-corrected chi connectivity index (χ3v) is 5.19. The van der Waals surface area contributed by atoms with Crippen LogP contribution in [0.2, 0.25) is 0 Å². The van der Waals surface area contributed by atoms with Crippen LogP contribution in [-0.2, 0) is 0 Å². The molecule has 0 N–H and O–H groups in total. The van der Waals surface area contributed by atoms with Crippen LogP contribution >= 0.6 is 0 Å². The molecule has 0 aliphatic heterocycles. The van der Waals surface area contributed by atoms with Gasteiger partial charge >= 0.3 is 0 Å². The molecule has 0 aliphatic rings. The number of hydrogen-bond donors (Lipinski definition) is 0. The highest BCUT2D eigenvalue weighted by atomic mass is 15.1. The molecular weight excluding hydrogens is 358 g/mol. The fraction of sp³-hybridized carbons (Fsp3) is 0. The van der Waals surface area contributed by atoms with Crippen LogP contribution in [0.5, 0.6) is 0 Å². The monoisotopic (exact) mass is 373 g/mol. The van der Waals surface area contributed by atoms with Gasteiger partial charge in [-0.1, -0.05) is 36.4 Å². The van der Waals surface area contributed by atoms with Crippen molar-refractivity contribution in [1.29, 1.82) is 0 Å². The fourth-order valence-electron chi connectivity index (χ4n) is 3.77. The average Bonchev–Trinajstić information content (AvgIpc) is 3.24. The largest absolute Gasteiger partial charge is 0.298 e. The Labute approximate surface area is 166 Å². The van der Waals surface area contributed by atoms with Crippen molar-refractivity contribution in [2.75, 3.05) is 0 Å². The summed E-state index contributed by atoms with van der Waals surface area (Å²) in [7, 11) is 0. The van der Waals surface area contributed by atoms with Gasteiger partial charge in [-0.05, 0) is 30.3 Å². The van der Waals surface area contributed by atoms with Crippen molar-refractivity contribution in [3.05, 3.63) is 91.6 Å². The third kappa shape index (κ3) is 2.56. The first-order valence-corrected chi connectivity index (χ1v) is 9.39. The molecule has 0 fully saturated rings. The van der Waals surface area contributed by atoms with E-state index in [1.165, 1.54) is 0 Å². The molecule has 0 radical (unpaired) electrons. The van der Waals surface area contributed by atoms with Gasteiger partial charge in [-0.25, -0.2) is 4.98 Å². The Kier molecular flexibility index (Phi) is 3.40. The summed E-state index contributed by atoms with van der Waals surface area (Å²) in [6.07, 6.45) is 7.30. The van der Waals surface area contributed by atoms with Crippen molar-refractivity contribution in [3.63, 3.8) is 0 Å². The average molecular weight is 373 g/mol. The van der Waals surface area contributed by atoms with Crippen molar-refractivity contribution >= 4 is 32.8 Å². The van der Waals surface area contributed by atoms with Crippen LogP contribution in [0.4, 0.5) is 0 Å². The quantitative estimate of drug-likeness (QED) is 0.419. The Balaban J connectivity index is 1.63. The maximum absolute atomic E-state index is 4.61. The van der Waals surface area contributed by atoms with Crippen molar-refractivity contribution in [2.24, 2.45) is 0 Å². The highest BCUT2D eigenvalue weighted by Gasteiger charge is 2.12. The van der Waals surface area contributed by atoms with E-state index in [1.54, 1.807) is 6.20 Å². The van der Waals surface area contributed by atoms with Gasteiger partial charge in [0.1, 0.15) is 11.8 Å². The lowest BCUT2D eigenvalue weighted by molar-refractivity contribution is 1.10. The zero-order valence-electron chi connectivity index (χ0n) is 15.4. The first-order chi connectivity index (χ1) is 14.4. The first kappa shape index (κ1) is 15.9. The number of benzene rings is 2. The summed E-state index contributed by atoms with van der Waals surface area (Å²) >= 11 is 0. The molecule has 5 nitrogen and oxygen atoms in total. The summed E-state index contributed by atoms with van der Waals surface area (Å²) in [6, 6.07) is 22.5. The second-order valence-corrected chi connectivity index (χ2v) is 6.94. The number of pyridine rings is 3. The SMILES string of the molecule is c1ccc(-c2cc3c(cn2)ncc2ncn(-c4ccc5ncccc5c4)c23)cc1. The molecule has 4 aromatic heterocycles. The molecule has 0 aliphatic carbocycles. The number of nitrogens with zero attached hydrogens (tertiary/aromatic N) is 5. The summed E-state index contributed by atoms with van der Waals surface area (Å²) in [5, 5.41) is 2.12. The third-order valence-electron chi connectivity index (χ3n) is 5.19. The predicted octanol–water partition coefficient (Wildman–Crippen LogP) is 5.18. The zero-order valence-corrected chi connectivity index (χ0v) is 15.4. The standard InChI is InChI=1S/C24H15N5/c1-2-5-16(6-3-1)21-12-19-22(13-26-21)27-14-23-24(19)29(15-28-23)18-8-9-20-17(11-18)7-4-10-25-20/h1-15H. The second kappa shape index (κ2) is 6.21. The number of aromatic nitrogens is 5. The van der Waals surface area contributed by atoms with Gasteiger partial charge in [0.2, 0.25) is 0 Å². The molecule has 136 valence electrons. The van der Waals surface area contributed by atoms with Crippen molar-refractivity contribution < 1.29 is 0 Å². The van der Waals surface area contributed by atoms with E-state index in [2.05, 4.69) is 60.9 Å². The van der Waals surface area contributed by atoms with E-state index >= 15 is 0 Å². The molecule has 0 bridgehead atoms. The van der Waals surface area contributed by atoms with E-state index in [1.807, 2.05) is 49.1 Å². The summed E-state index contributed by atoms with van der Waals surface area (Å²) in [5.74, 6) is 0. The Hall–Kier alpha value is -4.12. The van der Waals surface area contributed by atoms with E-state index in [4.69, 9.17) is 0 Å². The van der Waals surface area contributed by atoms with Gasteiger partial charge in [0.05, 0.1) is 34.6 Å². The van der Waals surface area contributed by atoms with Gasteiger partial charge in [0, 0.05) is 28.2 Å². The van der Waals surface area contributed by atoms with E-state index in [9.17, 15) is 0 Å². The Morgan fingerprint density at radius 1 is 0.655 bits per heavy atom. The van der Waals surface area contributed by atoms with Crippen LogP contribution in [0.1, 0.15) is 0 Å². The van der Waals surface area contributed by atoms with Crippen LogP contribution < -0.4 is 0 Å². The lowest BCUT2D eigenvalue weighted by atomic mass is 10.1. The maximum atomic E-state index is 4.61. The fourth-order valence-corrected chi connectivity index (χ4v) is 3.77. The first-order valence-electron chi connectivity index (χ1n) is 9.39. The van der Waals surface area contributed by atoms with Gasteiger partial charge in [-0.3, -0.25) is 19.5 Å². The van der Waals surface area contributed by atoms with Gasteiger partial charge in [-0.15, -0.1) is 0 Å². The molecular formula is C24H15N5. The van der Waals surface area contributed by atoms with Crippen LogP contribution in [0.25, 0.3) is 49.8 Å². The van der Waals surface area contributed by atoms with Crippen molar-refractivity contribution in [2.45, 2.75) is 0 Å². The minimum atomic E-state index is 0.849. The Morgan fingerprint density at radius 3 is 2.48 bits per heavy atom. The van der Waals surface area contributed by atoms with Crippen LogP contribution in [-0.4, -0.2) is 24.5 Å². The highest BCUT2D eigenvalue weighted by molar-refractivity contribution is 6.03. The molecule has 5 heteroatoms. The van der Waals surface area contributed by atoms with Gasteiger partial charge in [0.25, 0.3) is 0 Å². The molecule has 0 saturated heterocycles. The summed E-state index contributed by atoms with van der Waals surface area (Å²) in [4.78, 5) is 18.2. The molecule has 0 amide bonds. The maximum Gasteiger partial charge on any atom is 0.108 e. The Bertz CT molecular complexity index is 1500. The minimum absolute atomic E-state index is 0.849. The second-order valence-electron chi connectivity index (χ2n) is 6.94. The van der Waals surface area contributed by atoms with E-state index in [-0.39, 0.29) is 0 Å². The molecule has 6 aromatic rings. The number of rotatable bonds is 2. The molecule has 29 heavy (non-hydrogen) atoms. The molecule has 2 aromatic carbocycles. The van der Waals surface area contributed by atoms with Gasteiger partial charge in [0.15, 0.2) is 0 Å². The molecule has 0 atom stereocenters. The van der Waals surface area contributed by atoms with E-state index in [0.29, 0.717) is 0 Å². The Morgan fingerprint density at radius 2 is 1.55 bits per heavy atom. The summed E-state index contributed by atoms with van der Waals surface area (Å²) in [6.45, 7) is 0. The molecule has 0 saturated carbocycles. The highest BCUT2D eigenvalue weighted by Crippen LogP contribution is 2.29. The van der Waals surface area contributed by atoms with Crippen molar-refractivity contribution in [3.8, 4) is 16.9 Å². The molecule has 0 unspecified atom stereocenters. The van der Waals surface area contributed by atoms with Crippen molar-refractivity contribution in [1.82, 2.24) is 24.5 Å². The van der Waals surface area contributed by atoms with Gasteiger partial charge in [-0.2, -0.15) is 0 Å². The zero-order chi connectivity index (χ0) is 19.2. The van der Waals surface area contributed by atoms with E-state index < -0.39 is 0 Å². The molecule has 6 rings (SSSR count). The lowest BCUT2D eigenvalue weighted by Gasteiger charge is -2.09. The van der Waals surface area contributed by atoms with Crippen LogP contribution in [0.15, 0.2) is 91.6 Å². The van der Waals surface area contributed by atoms with Crippen LogP contribution in [0, 0.1) is 0 Å². The number of hydrogen-bond acceptors (Lipinski definition) is 4. The predicted molar refractivity (Wildman–Crippen MR) is 115 cm³/mol. The molecule has 0 spiro atoms. The summed E-state index contributed by atoms with van der Waals surface area (Å²) in [5.41, 5.74) is 6.74. The van der Waals surface area contributed by atoms with Gasteiger partial charge < -0.3 is 0 Å². The smallest absolute Gasteiger partial charge is 0.108 e. The summed E-state index contributed by atoms with van der Waals surface area (Å²) < 4.78 is 2.11. The van der Waals surface area contributed by atoms with Crippen LogP contribution in [0.3, 0.4) is 0 Å². The number of fused-ring (bicyclic) bond motifs is 4. The topological polar surface area (TPSA) is 56.5 Å². The number of imidazole rings is 1. The molecule has 4 heterocycles. The normalized spacial score (nSPS) is 11.4.